The minimum Gasteiger partial charge on any atom is -0.424 e. The summed E-state index contributed by atoms with van der Waals surface area (Å²) in [5.41, 5.74) is 2.14. The standard InChI is InChI=1S/C20H19N7O3S2/c1-3-27-19(22-23-20(27)30-14-5-4-13-8-9-21-17(13)10-14)12(2)26-32(28,29)15-6-7-16-18(11-15)25-31-24-16/h4-12,21,26H,3H2,1-2H3/t12-/m1/s1. The lowest BCUT2D eigenvalue weighted by atomic mass is 10.2. The Kier molecular flexibility index (Phi) is 5.12. The Morgan fingerprint density at radius 3 is 2.81 bits per heavy atom. The number of sulfonamides is 1. The van der Waals surface area contributed by atoms with Crippen LogP contribution in [0.4, 0.5) is 0 Å². The van der Waals surface area contributed by atoms with Gasteiger partial charge in [-0.05, 0) is 55.6 Å². The van der Waals surface area contributed by atoms with Gasteiger partial charge in [0.2, 0.25) is 10.0 Å². The number of hydrogen-bond acceptors (Lipinski definition) is 8. The molecular weight excluding hydrogens is 450 g/mol. The van der Waals surface area contributed by atoms with E-state index in [1.54, 1.807) is 17.6 Å². The molecule has 0 fully saturated rings. The molecule has 0 spiro atoms. The Morgan fingerprint density at radius 2 is 1.97 bits per heavy atom. The summed E-state index contributed by atoms with van der Waals surface area (Å²) in [7, 11) is -3.81. The van der Waals surface area contributed by atoms with E-state index >= 15 is 0 Å². The lowest BCUT2D eigenvalue weighted by Crippen LogP contribution is -2.29. The van der Waals surface area contributed by atoms with E-state index in [1.807, 2.05) is 37.4 Å². The van der Waals surface area contributed by atoms with Gasteiger partial charge >= 0.3 is 6.01 Å². The van der Waals surface area contributed by atoms with E-state index in [4.69, 9.17) is 4.74 Å². The van der Waals surface area contributed by atoms with Crippen LogP contribution in [0.25, 0.3) is 21.9 Å². The van der Waals surface area contributed by atoms with E-state index in [0.717, 1.165) is 22.6 Å². The number of nitrogens with zero attached hydrogens (tertiary/aromatic N) is 5. The summed E-state index contributed by atoms with van der Waals surface area (Å²) in [5, 5.41) is 9.40. The number of aromatic nitrogens is 6. The summed E-state index contributed by atoms with van der Waals surface area (Å²) in [6.07, 6.45) is 1.86. The van der Waals surface area contributed by atoms with Crippen LogP contribution in [-0.2, 0) is 16.6 Å². The van der Waals surface area contributed by atoms with Crippen molar-refractivity contribution in [2.75, 3.05) is 0 Å². The highest BCUT2D eigenvalue weighted by molar-refractivity contribution is 7.89. The first-order chi connectivity index (χ1) is 15.4. The molecule has 1 atom stereocenters. The third kappa shape index (κ3) is 3.72. The SMILES string of the molecule is CCn1c(Oc2ccc3cc[nH]c3c2)nnc1[C@@H](C)NS(=O)(=O)c1ccc2nsnc2c1. The van der Waals surface area contributed by atoms with Gasteiger partial charge in [-0.3, -0.25) is 4.57 Å². The molecule has 3 aromatic heterocycles. The zero-order chi connectivity index (χ0) is 22.3. The Balaban J connectivity index is 1.39. The van der Waals surface area contributed by atoms with Crippen LogP contribution in [0.3, 0.4) is 0 Å². The molecule has 32 heavy (non-hydrogen) atoms. The van der Waals surface area contributed by atoms with E-state index in [0.29, 0.717) is 29.2 Å². The van der Waals surface area contributed by atoms with E-state index in [2.05, 4.69) is 28.7 Å². The third-order valence-electron chi connectivity index (χ3n) is 5.05. The van der Waals surface area contributed by atoms with Crippen molar-refractivity contribution in [2.24, 2.45) is 0 Å². The molecular formula is C20H19N7O3S2. The van der Waals surface area contributed by atoms with E-state index in [1.165, 1.54) is 12.1 Å². The molecule has 0 bridgehead atoms. The van der Waals surface area contributed by atoms with Gasteiger partial charge in [0.1, 0.15) is 16.8 Å². The predicted molar refractivity (Wildman–Crippen MR) is 120 cm³/mol. The maximum atomic E-state index is 12.9. The highest BCUT2D eigenvalue weighted by Gasteiger charge is 2.24. The topological polar surface area (TPSA) is 128 Å². The van der Waals surface area contributed by atoms with Crippen LogP contribution in [0.1, 0.15) is 25.7 Å². The summed E-state index contributed by atoms with van der Waals surface area (Å²) < 4.78 is 44.4. The Morgan fingerprint density at radius 1 is 1.12 bits per heavy atom. The molecule has 12 heteroatoms. The predicted octanol–water partition coefficient (Wildman–Crippen LogP) is 3.62. The number of hydrogen-bond donors (Lipinski definition) is 2. The van der Waals surface area contributed by atoms with E-state index in [9.17, 15) is 8.42 Å². The smallest absolute Gasteiger partial charge is 0.322 e. The Hall–Kier alpha value is -3.35. The van der Waals surface area contributed by atoms with Crippen molar-refractivity contribution in [1.82, 2.24) is 33.2 Å². The molecule has 0 aliphatic rings. The monoisotopic (exact) mass is 469 g/mol. The number of aromatic amines is 1. The largest absolute Gasteiger partial charge is 0.424 e. The summed E-state index contributed by atoms with van der Waals surface area (Å²) in [4.78, 5) is 3.25. The van der Waals surface area contributed by atoms with Gasteiger partial charge in [-0.15, -0.1) is 5.10 Å². The van der Waals surface area contributed by atoms with Gasteiger partial charge in [-0.1, -0.05) is 5.10 Å². The number of ether oxygens (including phenoxy) is 1. The molecule has 0 saturated carbocycles. The van der Waals surface area contributed by atoms with Gasteiger partial charge in [-0.2, -0.15) is 8.75 Å². The van der Waals surface area contributed by atoms with Crippen molar-refractivity contribution in [3.8, 4) is 11.8 Å². The first kappa shape index (κ1) is 20.5. The second-order valence-corrected chi connectivity index (χ2v) is 9.41. The zero-order valence-electron chi connectivity index (χ0n) is 17.2. The first-order valence-corrected chi connectivity index (χ1v) is 12.1. The Bertz CT molecular complexity index is 1520. The van der Waals surface area contributed by atoms with Crippen LogP contribution in [0.2, 0.25) is 0 Å². The van der Waals surface area contributed by atoms with Crippen LogP contribution in [0, 0.1) is 0 Å². The molecule has 5 rings (SSSR count). The maximum Gasteiger partial charge on any atom is 0.322 e. The molecule has 0 aliphatic carbocycles. The fourth-order valence-electron chi connectivity index (χ4n) is 3.47. The van der Waals surface area contributed by atoms with Crippen LogP contribution in [0.5, 0.6) is 11.8 Å². The van der Waals surface area contributed by atoms with Crippen molar-refractivity contribution in [1.29, 1.82) is 0 Å². The van der Waals surface area contributed by atoms with Crippen molar-refractivity contribution in [2.45, 2.75) is 31.3 Å². The fourth-order valence-corrected chi connectivity index (χ4v) is 5.21. The van der Waals surface area contributed by atoms with Crippen LogP contribution >= 0.6 is 11.7 Å². The Labute approximate surface area is 187 Å². The second kappa shape index (κ2) is 7.97. The highest BCUT2D eigenvalue weighted by Crippen LogP contribution is 2.27. The van der Waals surface area contributed by atoms with Gasteiger partial charge in [-0.25, -0.2) is 13.1 Å². The second-order valence-electron chi connectivity index (χ2n) is 7.17. The molecule has 3 heterocycles. The molecule has 10 nitrogen and oxygen atoms in total. The average molecular weight is 470 g/mol. The molecule has 0 unspecified atom stereocenters. The van der Waals surface area contributed by atoms with Gasteiger partial charge in [0.15, 0.2) is 5.82 Å². The van der Waals surface area contributed by atoms with Crippen LogP contribution in [-0.4, -0.2) is 36.9 Å². The molecule has 164 valence electrons. The minimum atomic E-state index is -3.81. The number of rotatable bonds is 7. The van der Waals surface area contributed by atoms with Crippen LogP contribution < -0.4 is 9.46 Å². The van der Waals surface area contributed by atoms with E-state index in [-0.39, 0.29) is 10.9 Å². The van der Waals surface area contributed by atoms with Gasteiger partial charge in [0.05, 0.1) is 22.7 Å². The van der Waals surface area contributed by atoms with Crippen molar-refractivity contribution in [3.05, 3.63) is 54.5 Å². The van der Waals surface area contributed by atoms with E-state index < -0.39 is 16.1 Å². The average Bonchev–Trinajstić information content (AvgIpc) is 3.51. The lowest BCUT2D eigenvalue weighted by molar-refractivity contribution is 0.408. The summed E-state index contributed by atoms with van der Waals surface area (Å²) >= 11 is 1.04. The summed E-state index contributed by atoms with van der Waals surface area (Å²) in [5.74, 6) is 1.05. The first-order valence-electron chi connectivity index (χ1n) is 9.87. The molecule has 0 radical (unpaired) electrons. The number of nitrogens with one attached hydrogen (secondary N) is 2. The van der Waals surface area contributed by atoms with Crippen molar-refractivity contribution >= 4 is 43.7 Å². The quantitative estimate of drug-likeness (QED) is 0.373. The minimum absolute atomic E-state index is 0.114. The number of H-pyrrole nitrogens is 1. The van der Waals surface area contributed by atoms with Gasteiger partial charge in [0.25, 0.3) is 0 Å². The van der Waals surface area contributed by atoms with Crippen molar-refractivity contribution < 1.29 is 13.2 Å². The normalized spacial score (nSPS) is 13.1. The fraction of sp³-hybridized carbons (Fsp3) is 0.200. The maximum absolute atomic E-state index is 12.9. The molecule has 0 amide bonds. The van der Waals surface area contributed by atoms with Crippen molar-refractivity contribution in [3.63, 3.8) is 0 Å². The van der Waals surface area contributed by atoms with Gasteiger partial charge in [0, 0.05) is 24.3 Å². The highest BCUT2D eigenvalue weighted by atomic mass is 32.2. The zero-order valence-corrected chi connectivity index (χ0v) is 18.8. The third-order valence-corrected chi connectivity index (χ3v) is 7.15. The molecule has 5 aromatic rings. The molecule has 2 aromatic carbocycles. The number of fused-ring (bicyclic) bond motifs is 2. The van der Waals surface area contributed by atoms with Gasteiger partial charge < -0.3 is 9.72 Å². The molecule has 0 saturated heterocycles. The molecule has 2 N–H and O–H groups in total. The lowest BCUT2D eigenvalue weighted by Gasteiger charge is -2.15. The summed E-state index contributed by atoms with van der Waals surface area (Å²) in [6, 6.07) is 11.9. The summed E-state index contributed by atoms with van der Waals surface area (Å²) in [6.45, 7) is 4.13. The number of benzene rings is 2. The molecule has 0 aliphatic heterocycles. The van der Waals surface area contributed by atoms with Crippen LogP contribution in [0.15, 0.2) is 53.6 Å².